The topological polar surface area (TPSA) is 92.5 Å². The molecule has 6 nitrogen and oxygen atoms in total. The van der Waals surface area contributed by atoms with Gasteiger partial charge in [-0.05, 0) is 43.2 Å². The first-order valence-electron chi connectivity index (χ1n) is 7.26. The molecule has 4 unspecified atom stereocenters. The number of carbonyl (C=O) groups is 1. The van der Waals surface area contributed by atoms with Crippen molar-refractivity contribution in [2.45, 2.75) is 25.3 Å². The lowest BCUT2D eigenvalue weighted by Gasteiger charge is -2.30. The predicted octanol–water partition coefficient (Wildman–Crippen LogP) is 1.73. The summed E-state index contributed by atoms with van der Waals surface area (Å²) in [6, 6.07) is 5.62. The quantitative estimate of drug-likeness (QED) is 0.652. The largest absolute Gasteiger partial charge is 0.396 e. The average Bonchev–Trinajstić information content (AvgIpc) is 3.08. The van der Waals surface area contributed by atoms with Gasteiger partial charge in [-0.1, -0.05) is 0 Å². The summed E-state index contributed by atoms with van der Waals surface area (Å²) in [4.78, 5) is 22.4. The van der Waals surface area contributed by atoms with Crippen molar-refractivity contribution in [3.63, 3.8) is 0 Å². The highest BCUT2D eigenvalue weighted by Gasteiger charge is 2.47. The zero-order valence-electron chi connectivity index (χ0n) is 11.6. The second-order valence-corrected chi connectivity index (χ2v) is 5.98. The molecule has 0 radical (unpaired) electrons. The van der Waals surface area contributed by atoms with Crippen molar-refractivity contribution in [3.05, 3.63) is 39.9 Å². The van der Waals surface area contributed by atoms with Gasteiger partial charge in [0.15, 0.2) is 0 Å². The van der Waals surface area contributed by atoms with E-state index in [0.717, 1.165) is 19.3 Å². The van der Waals surface area contributed by atoms with Gasteiger partial charge in [0, 0.05) is 36.3 Å². The minimum absolute atomic E-state index is 0.0245. The molecule has 4 atom stereocenters. The van der Waals surface area contributed by atoms with E-state index in [2.05, 4.69) is 5.32 Å². The predicted molar refractivity (Wildman–Crippen MR) is 75.8 cm³/mol. The first kappa shape index (κ1) is 14.0. The molecule has 2 saturated carbocycles. The Labute approximate surface area is 122 Å². The summed E-state index contributed by atoms with van der Waals surface area (Å²) in [5.41, 5.74) is 0.389. The Morgan fingerprint density at radius 2 is 1.95 bits per heavy atom. The van der Waals surface area contributed by atoms with E-state index in [0.29, 0.717) is 17.4 Å². The first-order valence-corrected chi connectivity index (χ1v) is 7.26. The van der Waals surface area contributed by atoms with Gasteiger partial charge in [-0.3, -0.25) is 14.9 Å². The minimum atomic E-state index is -0.487. The monoisotopic (exact) mass is 290 g/mol. The van der Waals surface area contributed by atoms with Crippen LogP contribution in [0.2, 0.25) is 0 Å². The summed E-state index contributed by atoms with van der Waals surface area (Å²) in [5, 5.41) is 23.1. The molecular weight excluding hydrogens is 272 g/mol. The van der Waals surface area contributed by atoms with Gasteiger partial charge < -0.3 is 10.4 Å². The van der Waals surface area contributed by atoms with Crippen LogP contribution in [0.25, 0.3) is 0 Å². The van der Waals surface area contributed by atoms with Crippen LogP contribution >= 0.6 is 0 Å². The van der Waals surface area contributed by atoms with E-state index in [1.807, 2.05) is 0 Å². The summed E-state index contributed by atoms with van der Waals surface area (Å²) >= 11 is 0. The molecule has 2 N–H and O–H groups in total. The third kappa shape index (κ3) is 2.51. The van der Waals surface area contributed by atoms with Gasteiger partial charge in [0.25, 0.3) is 11.6 Å². The summed E-state index contributed by atoms with van der Waals surface area (Å²) < 4.78 is 0. The number of carbonyl (C=O) groups excluding carboxylic acids is 1. The zero-order valence-corrected chi connectivity index (χ0v) is 11.6. The van der Waals surface area contributed by atoms with Crippen LogP contribution in [0.3, 0.4) is 0 Å². The van der Waals surface area contributed by atoms with E-state index < -0.39 is 4.92 Å². The van der Waals surface area contributed by atoms with Crippen molar-refractivity contribution in [1.29, 1.82) is 0 Å². The number of aliphatic hydroxyl groups excluding tert-OH is 1. The summed E-state index contributed by atoms with van der Waals surface area (Å²) in [6.07, 6.45) is 3.32. The van der Waals surface area contributed by atoms with E-state index in [4.69, 9.17) is 0 Å². The van der Waals surface area contributed by atoms with Crippen molar-refractivity contribution >= 4 is 11.6 Å². The van der Waals surface area contributed by atoms with E-state index >= 15 is 0 Å². The second-order valence-electron chi connectivity index (χ2n) is 5.98. The highest BCUT2D eigenvalue weighted by Crippen LogP contribution is 2.48. The van der Waals surface area contributed by atoms with Crippen molar-refractivity contribution in [2.75, 3.05) is 6.61 Å². The van der Waals surface area contributed by atoms with Gasteiger partial charge >= 0.3 is 0 Å². The van der Waals surface area contributed by atoms with Crippen LogP contribution in [0.4, 0.5) is 5.69 Å². The fourth-order valence-corrected chi connectivity index (χ4v) is 3.87. The van der Waals surface area contributed by atoms with Crippen molar-refractivity contribution in [2.24, 2.45) is 17.8 Å². The van der Waals surface area contributed by atoms with E-state index in [-0.39, 0.29) is 30.2 Å². The maximum atomic E-state index is 12.3. The van der Waals surface area contributed by atoms with Gasteiger partial charge in [0.05, 0.1) is 4.92 Å². The van der Waals surface area contributed by atoms with E-state index in [1.165, 1.54) is 24.3 Å². The maximum absolute atomic E-state index is 12.3. The molecule has 2 aliphatic carbocycles. The Hall–Kier alpha value is -1.95. The van der Waals surface area contributed by atoms with Crippen molar-refractivity contribution < 1.29 is 14.8 Å². The number of non-ortho nitro benzene ring substituents is 1. The van der Waals surface area contributed by atoms with Crippen LogP contribution in [0.15, 0.2) is 24.3 Å². The van der Waals surface area contributed by atoms with Crippen LogP contribution in [0.5, 0.6) is 0 Å². The number of nitrogens with one attached hydrogen (secondary N) is 1. The van der Waals surface area contributed by atoms with E-state index in [9.17, 15) is 20.0 Å². The lowest BCUT2D eigenvalue weighted by atomic mass is 9.85. The van der Waals surface area contributed by atoms with E-state index in [1.54, 1.807) is 0 Å². The summed E-state index contributed by atoms with van der Waals surface area (Å²) in [6.45, 7) is 0.104. The molecule has 0 heterocycles. The van der Waals surface area contributed by atoms with Crippen LogP contribution < -0.4 is 5.32 Å². The number of nitro benzene ring substituents is 1. The van der Waals surface area contributed by atoms with Gasteiger partial charge in [0.1, 0.15) is 0 Å². The Balaban J connectivity index is 1.70. The van der Waals surface area contributed by atoms with Crippen LogP contribution in [-0.2, 0) is 0 Å². The fraction of sp³-hybridized carbons (Fsp3) is 0.533. The number of amides is 1. The van der Waals surface area contributed by atoms with Gasteiger partial charge in [-0.25, -0.2) is 0 Å². The number of nitro groups is 1. The SMILES string of the molecule is O=C(NC1C2CCC(C2)C1CO)c1ccc([N+](=O)[O-])cc1. The molecule has 2 fully saturated rings. The van der Waals surface area contributed by atoms with Crippen LogP contribution in [0.1, 0.15) is 29.6 Å². The molecule has 0 aromatic heterocycles. The summed E-state index contributed by atoms with van der Waals surface area (Å²) in [7, 11) is 0. The Morgan fingerprint density at radius 3 is 2.57 bits per heavy atom. The highest BCUT2D eigenvalue weighted by molar-refractivity contribution is 5.94. The Kier molecular flexibility index (Phi) is 3.63. The normalized spacial score (nSPS) is 30.3. The summed E-state index contributed by atoms with van der Waals surface area (Å²) in [5.74, 6) is 0.892. The number of benzene rings is 1. The maximum Gasteiger partial charge on any atom is 0.269 e. The number of nitrogens with zero attached hydrogens (tertiary/aromatic N) is 1. The minimum Gasteiger partial charge on any atom is -0.396 e. The van der Waals surface area contributed by atoms with Gasteiger partial charge in [-0.2, -0.15) is 0 Å². The van der Waals surface area contributed by atoms with Crippen LogP contribution in [-0.4, -0.2) is 28.6 Å². The molecule has 2 bridgehead atoms. The smallest absolute Gasteiger partial charge is 0.269 e. The average molecular weight is 290 g/mol. The standard InChI is InChI=1S/C15H18N2O4/c18-8-13-10-1-2-11(7-10)14(13)16-15(19)9-3-5-12(6-4-9)17(20)21/h3-6,10-11,13-14,18H,1-2,7-8H2,(H,16,19). The molecule has 112 valence electrons. The molecule has 1 aromatic rings. The molecule has 6 heteroatoms. The van der Waals surface area contributed by atoms with Gasteiger partial charge in [-0.15, -0.1) is 0 Å². The molecule has 21 heavy (non-hydrogen) atoms. The highest BCUT2D eigenvalue weighted by atomic mass is 16.6. The number of hydrogen-bond acceptors (Lipinski definition) is 4. The van der Waals surface area contributed by atoms with Crippen LogP contribution in [0, 0.1) is 27.9 Å². The lowest BCUT2D eigenvalue weighted by molar-refractivity contribution is -0.384. The van der Waals surface area contributed by atoms with Crippen molar-refractivity contribution in [3.8, 4) is 0 Å². The molecular formula is C15H18N2O4. The number of fused-ring (bicyclic) bond motifs is 2. The zero-order chi connectivity index (χ0) is 15.0. The number of aliphatic hydroxyl groups is 1. The third-order valence-corrected chi connectivity index (χ3v) is 4.94. The molecule has 3 rings (SSSR count). The molecule has 0 aliphatic heterocycles. The Morgan fingerprint density at radius 1 is 1.29 bits per heavy atom. The third-order valence-electron chi connectivity index (χ3n) is 4.94. The molecule has 0 spiro atoms. The van der Waals surface area contributed by atoms with Gasteiger partial charge in [0.2, 0.25) is 0 Å². The molecule has 2 aliphatic rings. The Bertz CT molecular complexity index is 557. The number of rotatable bonds is 4. The molecule has 1 amide bonds. The fourth-order valence-electron chi connectivity index (χ4n) is 3.87. The molecule has 1 aromatic carbocycles. The second kappa shape index (κ2) is 5.44. The first-order chi connectivity index (χ1) is 10.1. The lowest BCUT2D eigenvalue weighted by Crippen LogP contribution is -2.45. The van der Waals surface area contributed by atoms with Crippen molar-refractivity contribution in [1.82, 2.24) is 5.32 Å². The molecule has 0 saturated heterocycles. The number of hydrogen-bond donors (Lipinski definition) is 2.